The summed E-state index contributed by atoms with van der Waals surface area (Å²) in [5.74, 6) is 0.138. The van der Waals surface area contributed by atoms with Crippen LogP contribution in [0, 0.1) is 0 Å². The second-order valence-corrected chi connectivity index (χ2v) is 5.35. The van der Waals surface area contributed by atoms with Gasteiger partial charge in [-0.05, 0) is 40.0 Å². The zero-order valence-electron chi connectivity index (χ0n) is 12.6. The zero-order valence-corrected chi connectivity index (χ0v) is 12.6. The highest BCUT2D eigenvalue weighted by molar-refractivity contribution is 5.84. The van der Waals surface area contributed by atoms with Crippen molar-refractivity contribution < 1.29 is 9.59 Å². The van der Waals surface area contributed by atoms with E-state index in [0.717, 1.165) is 25.9 Å². The lowest BCUT2D eigenvalue weighted by Crippen LogP contribution is -2.53. The van der Waals surface area contributed by atoms with Gasteiger partial charge in [-0.3, -0.25) is 14.9 Å². The lowest BCUT2D eigenvalue weighted by Gasteiger charge is -2.31. The summed E-state index contributed by atoms with van der Waals surface area (Å²) in [5, 5.41) is 3.11. The van der Waals surface area contributed by atoms with Crippen molar-refractivity contribution in [2.24, 2.45) is 0 Å². The van der Waals surface area contributed by atoms with Crippen LogP contribution in [0.4, 0.5) is 0 Å². The quantitative estimate of drug-likeness (QED) is 0.805. The van der Waals surface area contributed by atoms with E-state index in [4.69, 9.17) is 0 Å². The zero-order chi connectivity index (χ0) is 14.4. The van der Waals surface area contributed by atoms with Crippen LogP contribution >= 0.6 is 0 Å². The second kappa shape index (κ2) is 7.48. The minimum absolute atomic E-state index is 0.0285. The molecule has 0 radical (unpaired) electrons. The molecule has 0 bridgehead atoms. The van der Waals surface area contributed by atoms with Gasteiger partial charge in [-0.2, -0.15) is 0 Å². The molecular weight excluding hydrogens is 242 g/mol. The Balaban J connectivity index is 2.46. The van der Waals surface area contributed by atoms with Crippen molar-refractivity contribution in [3.05, 3.63) is 0 Å². The summed E-state index contributed by atoms with van der Waals surface area (Å²) < 4.78 is 0. The van der Waals surface area contributed by atoms with E-state index in [2.05, 4.69) is 5.32 Å². The standard InChI is InChI=1S/C14H27N3O2/c1-5-16(4)13(18)11(2)15-12(3)14(19)17-9-7-6-8-10-17/h11-12,15H,5-10H2,1-4H3. The first-order valence-corrected chi connectivity index (χ1v) is 7.27. The number of hydrogen-bond donors (Lipinski definition) is 1. The van der Waals surface area contributed by atoms with Gasteiger partial charge in [0.1, 0.15) is 0 Å². The molecule has 5 heteroatoms. The normalized spacial score (nSPS) is 18.8. The minimum atomic E-state index is -0.325. The predicted molar refractivity (Wildman–Crippen MR) is 75.8 cm³/mol. The van der Waals surface area contributed by atoms with Crippen molar-refractivity contribution in [3.63, 3.8) is 0 Å². The van der Waals surface area contributed by atoms with E-state index in [1.807, 2.05) is 25.7 Å². The van der Waals surface area contributed by atoms with Crippen LogP contribution in [-0.2, 0) is 9.59 Å². The molecule has 2 atom stereocenters. The van der Waals surface area contributed by atoms with Crippen molar-refractivity contribution in [2.45, 2.75) is 52.1 Å². The van der Waals surface area contributed by atoms with Crippen molar-refractivity contribution in [1.29, 1.82) is 0 Å². The van der Waals surface area contributed by atoms with Crippen molar-refractivity contribution in [2.75, 3.05) is 26.7 Å². The molecule has 1 saturated heterocycles. The lowest BCUT2D eigenvalue weighted by atomic mass is 10.1. The maximum Gasteiger partial charge on any atom is 0.239 e. The highest BCUT2D eigenvalue weighted by Gasteiger charge is 2.25. The molecule has 0 aliphatic carbocycles. The molecule has 0 saturated carbocycles. The van der Waals surface area contributed by atoms with Gasteiger partial charge in [0.2, 0.25) is 11.8 Å². The fraction of sp³-hybridized carbons (Fsp3) is 0.857. The van der Waals surface area contributed by atoms with Crippen LogP contribution in [0.1, 0.15) is 40.0 Å². The molecule has 1 N–H and O–H groups in total. The molecule has 1 rings (SSSR count). The Bertz CT molecular complexity index is 314. The average molecular weight is 269 g/mol. The van der Waals surface area contributed by atoms with E-state index >= 15 is 0 Å². The number of hydrogen-bond acceptors (Lipinski definition) is 3. The minimum Gasteiger partial charge on any atom is -0.345 e. The Hall–Kier alpha value is -1.10. The van der Waals surface area contributed by atoms with Gasteiger partial charge in [0.05, 0.1) is 12.1 Å². The number of carbonyl (C=O) groups excluding carboxylic acids is 2. The van der Waals surface area contributed by atoms with Crippen LogP contribution in [0.15, 0.2) is 0 Å². The number of likely N-dealkylation sites (tertiary alicyclic amines) is 1. The first-order valence-electron chi connectivity index (χ1n) is 7.27. The molecule has 2 amide bonds. The average Bonchev–Trinajstić information content (AvgIpc) is 2.45. The van der Waals surface area contributed by atoms with Crippen LogP contribution in [-0.4, -0.2) is 60.4 Å². The van der Waals surface area contributed by atoms with Gasteiger partial charge >= 0.3 is 0 Å². The van der Waals surface area contributed by atoms with E-state index in [-0.39, 0.29) is 23.9 Å². The van der Waals surface area contributed by atoms with Gasteiger partial charge < -0.3 is 9.80 Å². The SMILES string of the molecule is CCN(C)C(=O)C(C)NC(C)C(=O)N1CCCCC1. The molecule has 110 valence electrons. The highest BCUT2D eigenvalue weighted by atomic mass is 16.2. The van der Waals surface area contributed by atoms with Crippen LogP contribution in [0.2, 0.25) is 0 Å². The lowest BCUT2D eigenvalue weighted by molar-refractivity contribution is -0.135. The van der Waals surface area contributed by atoms with E-state index in [9.17, 15) is 9.59 Å². The van der Waals surface area contributed by atoms with E-state index in [1.54, 1.807) is 11.9 Å². The molecular formula is C14H27N3O2. The van der Waals surface area contributed by atoms with Gasteiger partial charge in [0.15, 0.2) is 0 Å². The highest BCUT2D eigenvalue weighted by Crippen LogP contribution is 2.10. The van der Waals surface area contributed by atoms with Crippen molar-refractivity contribution >= 4 is 11.8 Å². The number of nitrogens with one attached hydrogen (secondary N) is 1. The summed E-state index contributed by atoms with van der Waals surface area (Å²) in [6, 6.07) is -0.629. The molecule has 0 aromatic rings. The van der Waals surface area contributed by atoms with Crippen LogP contribution in [0.25, 0.3) is 0 Å². The van der Waals surface area contributed by atoms with Crippen LogP contribution in [0.5, 0.6) is 0 Å². The molecule has 1 aliphatic rings. The van der Waals surface area contributed by atoms with E-state index < -0.39 is 0 Å². The number of nitrogens with zero attached hydrogens (tertiary/aromatic N) is 2. The van der Waals surface area contributed by atoms with Crippen LogP contribution in [0.3, 0.4) is 0 Å². The molecule has 1 aliphatic heterocycles. The Morgan fingerprint density at radius 2 is 1.74 bits per heavy atom. The molecule has 0 spiro atoms. The summed E-state index contributed by atoms with van der Waals surface area (Å²) in [6.07, 6.45) is 3.39. The molecule has 1 fully saturated rings. The first kappa shape index (κ1) is 16.0. The summed E-state index contributed by atoms with van der Waals surface area (Å²) in [6.45, 7) is 7.97. The molecule has 0 aromatic carbocycles. The summed E-state index contributed by atoms with van der Waals surface area (Å²) >= 11 is 0. The van der Waals surface area contributed by atoms with Gasteiger partial charge in [-0.25, -0.2) is 0 Å². The monoisotopic (exact) mass is 269 g/mol. The number of likely N-dealkylation sites (N-methyl/N-ethyl adjacent to an activating group) is 1. The summed E-state index contributed by atoms with van der Waals surface area (Å²) in [4.78, 5) is 27.7. The van der Waals surface area contributed by atoms with Gasteiger partial charge in [-0.1, -0.05) is 0 Å². The third-order valence-corrected chi connectivity index (χ3v) is 3.76. The van der Waals surface area contributed by atoms with E-state index in [0.29, 0.717) is 6.54 Å². The van der Waals surface area contributed by atoms with Crippen LogP contribution < -0.4 is 5.32 Å². The molecule has 5 nitrogen and oxygen atoms in total. The number of piperidine rings is 1. The van der Waals surface area contributed by atoms with Gasteiger partial charge in [0, 0.05) is 26.7 Å². The topological polar surface area (TPSA) is 52.7 Å². The largest absolute Gasteiger partial charge is 0.345 e. The summed E-state index contributed by atoms with van der Waals surface area (Å²) in [7, 11) is 1.78. The van der Waals surface area contributed by atoms with Gasteiger partial charge in [0.25, 0.3) is 0 Å². The fourth-order valence-electron chi connectivity index (χ4n) is 2.39. The van der Waals surface area contributed by atoms with E-state index in [1.165, 1.54) is 6.42 Å². The van der Waals surface area contributed by atoms with Gasteiger partial charge in [-0.15, -0.1) is 0 Å². The Morgan fingerprint density at radius 1 is 1.16 bits per heavy atom. The Kier molecular flexibility index (Phi) is 6.28. The molecule has 19 heavy (non-hydrogen) atoms. The second-order valence-electron chi connectivity index (χ2n) is 5.35. The third kappa shape index (κ3) is 4.49. The molecule has 1 heterocycles. The van der Waals surface area contributed by atoms with Crippen molar-refractivity contribution in [3.8, 4) is 0 Å². The molecule has 2 unspecified atom stereocenters. The predicted octanol–water partition coefficient (Wildman–Crippen LogP) is 0.844. The summed E-state index contributed by atoms with van der Waals surface area (Å²) in [5.41, 5.74) is 0. The fourth-order valence-corrected chi connectivity index (χ4v) is 2.39. The maximum atomic E-state index is 12.2. The number of carbonyl (C=O) groups is 2. The maximum absolute atomic E-state index is 12.2. The Labute approximate surface area is 116 Å². The third-order valence-electron chi connectivity index (χ3n) is 3.76. The molecule has 0 aromatic heterocycles. The smallest absolute Gasteiger partial charge is 0.239 e. The number of rotatable bonds is 5. The van der Waals surface area contributed by atoms with Crippen molar-refractivity contribution in [1.82, 2.24) is 15.1 Å². The Morgan fingerprint density at radius 3 is 2.26 bits per heavy atom. The first-order chi connectivity index (χ1) is 8.97. The number of amides is 2.